The lowest BCUT2D eigenvalue weighted by molar-refractivity contribution is 0.0793. The van der Waals surface area contributed by atoms with Crippen molar-refractivity contribution in [1.82, 2.24) is 20.0 Å². The maximum atomic E-state index is 12.4. The molecule has 5 heteroatoms. The fraction of sp³-hybridized carbons (Fsp3) is 0.500. The standard InChI is InChI=1S/C20H28N4O/c1-15-12-22-24(14-15)17(3)16(2)21-13-18-6-8-19(9-7-18)20(25)23-10-4-5-11-23/h6-9,12,14,16-17,21H,4-5,10-11,13H2,1-3H3/t16-,17+/m0/s1. The molecule has 25 heavy (non-hydrogen) atoms. The molecule has 134 valence electrons. The van der Waals surface area contributed by atoms with Gasteiger partial charge in [0.1, 0.15) is 0 Å². The van der Waals surface area contributed by atoms with Gasteiger partial charge in [0, 0.05) is 37.4 Å². The van der Waals surface area contributed by atoms with Crippen LogP contribution in [-0.2, 0) is 6.54 Å². The topological polar surface area (TPSA) is 50.2 Å². The van der Waals surface area contributed by atoms with Gasteiger partial charge in [0.25, 0.3) is 5.91 Å². The Balaban J connectivity index is 1.53. The lowest BCUT2D eigenvalue weighted by Crippen LogP contribution is -2.33. The quantitative estimate of drug-likeness (QED) is 0.879. The third-order valence-corrected chi connectivity index (χ3v) is 5.09. The molecular weight excluding hydrogens is 312 g/mol. The number of aromatic nitrogens is 2. The number of aryl methyl sites for hydroxylation is 1. The van der Waals surface area contributed by atoms with Crippen molar-refractivity contribution in [2.24, 2.45) is 0 Å². The van der Waals surface area contributed by atoms with Gasteiger partial charge in [0.05, 0.1) is 12.2 Å². The number of benzene rings is 1. The summed E-state index contributed by atoms with van der Waals surface area (Å²) in [5.74, 6) is 0.160. The van der Waals surface area contributed by atoms with Crippen LogP contribution in [0.3, 0.4) is 0 Å². The van der Waals surface area contributed by atoms with Crippen LogP contribution < -0.4 is 5.32 Å². The van der Waals surface area contributed by atoms with Gasteiger partial charge in [-0.3, -0.25) is 9.48 Å². The zero-order chi connectivity index (χ0) is 17.8. The van der Waals surface area contributed by atoms with Crippen LogP contribution in [0.5, 0.6) is 0 Å². The Hall–Kier alpha value is -2.14. The molecule has 1 fully saturated rings. The Morgan fingerprint density at radius 1 is 1.20 bits per heavy atom. The molecule has 1 aromatic heterocycles. The molecule has 2 heterocycles. The molecule has 0 saturated carbocycles. The molecular formula is C20H28N4O. The Bertz CT molecular complexity index is 701. The summed E-state index contributed by atoms with van der Waals surface area (Å²) in [6, 6.07) is 8.57. The van der Waals surface area contributed by atoms with E-state index < -0.39 is 0 Å². The molecule has 2 aromatic rings. The zero-order valence-corrected chi connectivity index (χ0v) is 15.4. The Morgan fingerprint density at radius 2 is 1.88 bits per heavy atom. The highest BCUT2D eigenvalue weighted by Gasteiger charge is 2.19. The van der Waals surface area contributed by atoms with Crippen LogP contribution in [-0.4, -0.2) is 39.7 Å². The minimum Gasteiger partial charge on any atom is -0.339 e. The van der Waals surface area contributed by atoms with Crippen molar-refractivity contribution in [3.63, 3.8) is 0 Å². The van der Waals surface area contributed by atoms with Gasteiger partial charge in [0.15, 0.2) is 0 Å². The van der Waals surface area contributed by atoms with E-state index in [9.17, 15) is 4.79 Å². The molecule has 1 amide bonds. The summed E-state index contributed by atoms with van der Waals surface area (Å²) in [6.07, 6.45) is 6.21. The SMILES string of the molecule is Cc1cnn([C@H](C)[C@H](C)NCc2ccc(C(=O)N3CCCC3)cc2)c1. The summed E-state index contributed by atoms with van der Waals surface area (Å²) >= 11 is 0. The van der Waals surface area contributed by atoms with Crippen LogP contribution in [0.2, 0.25) is 0 Å². The van der Waals surface area contributed by atoms with E-state index in [2.05, 4.69) is 37.4 Å². The van der Waals surface area contributed by atoms with E-state index in [0.717, 1.165) is 38.0 Å². The van der Waals surface area contributed by atoms with Crippen LogP contribution in [0, 0.1) is 6.92 Å². The van der Waals surface area contributed by atoms with Crippen molar-refractivity contribution in [3.8, 4) is 0 Å². The third kappa shape index (κ3) is 4.28. The van der Waals surface area contributed by atoms with Gasteiger partial charge in [-0.25, -0.2) is 0 Å². The highest BCUT2D eigenvalue weighted by Crippen LogP contribution is 2.15. The summed E-state index contributed by atoms with van der Waals surface area (Å²) < 4.78 is 2.00. The molecule has 0 unspecified atom stereocenters. The van der Waals surface area contributed by atoms with Gasteiger partial charge in [0.2, 0.25) is 0 Å². The van der Waals surface area contributed by atoms with Gasteiger partial charge in [-0.15, -0.1) is 0 Å². The maximum absolute atomic E-state index is 12.4. The summed E-state index contributed by atoms with van der Waals surface area (Å²) in [6.45, 7) is 8.97. The molecule has 3 rings (SSSR count). The lowest BCUT2D eigenvalue weighted by atomic mass is 10.1. The predicted octanol–water partition coefficient (Wildman–Crippen LogP) is 3.17. The number of nitrogens with zero attached hydrogens (tertiary/aromatic N) is 3. The molecule has 1 aliphatic rings. The average molecular weight is 340 g/mol. The fourth-order valence-corrected chi connectivity index (χ4v) is 3.20. The first-order chi connectivity index (χ1) is 12.0. The lowest BCUT2D eigenvalue weighted by Gasteiger charge is -2.22. The van der Waals surface area contributed by atoms with E-state index in [0.29, 0.717) is 6.04 Å². The zero-order valence-electron chi connectivity index (χ0n) is 15.4. The molecule has 1 saturated heterocycles. The number of likely N-dealkylation sites (tertiary alicyclic amines) is 1. The molecule has 0 radical (unpaired) electrons. The molecule has 2 atom stereocenters. The molecule has 0 aliphatic carbocycles. The number of amides is 1. The number of carbonyl (C=O) groups is 1. The van der Waals surface area contributed by atoms with Gasteiger partial charge < -0.3 is 10.2 Å². The van der Waals surface area contributed by atoms with Crippen LogP contribution in [0.4, 0.5) is 0 Å². The normalized spacial score (nSPS) is 16.8. The summed E-state index contributed by atoms with van der Waals surface area (Å²) in [5, 5.41) is 7.95. The fourth-order valence-electron chi connectivity index (χ4n) is 3.20. The summed E-state index contributed by atoms with van der Waals surface area (Å²) in [4.78, 5) is 14.3. The van der Waals surface area contributed by atoms with E-state index in [1.54, 1.807) is 0 Å². The predicted molar refractivity (Wildman–Crippen MR) is 99.6 cm³/mol. The van der Waals surface area contributed by atoms with Gasteiger partial charge in [-0.1, -0.05) is 12.1 Å². The van der Waals surface area contributed by atoms with E-state index >= 15 is 0 Å². The second-order valence-corrected chi connectivity index (χ2v) is 7.10. The molecule has 5 nitrogen and oxygen atoms in total. The van der Waals surface area contributed by atoms with Crippen molar-refractivity contribution in [2.45, 2.75) is 52.2 Å². The monoisotopic (exact) mass is 340 g/mol. The minimum absolute atomic E-state index is 0.160. The van der Waals surface area contributed by atoms with Crippen molar-refractivity contribution in [2.75, 3.05) is 13.1 Å². The number of rotatable bonds is 6. The largest absolute Gasteiger partial charge is 0.339 e. The van der Waals surface area contributed by atoms with Gasteiger partial charge >= 0.3 is 0 Å². The Kier molecular flexibility index (Phi) is 5.53. The first-order valence-electron chi connectivity index (χ1n) is 9.17. The van der Waals surface area contributed by atoms with Crippen LogP contribution in [0.1, 0.15) is 54.2 Å². The minimum atomic E-state index is 0.160. The van der Waals surface area contributed by atoms with Crippen molar-refractivity contribution < 1.29 is 4.79 Å². The Morgan fingerprint density at radius 3 is 2.48 bits per heavy atom. The molecule has 1 N–H and O–H groups in total. The first-order valence-corrected chi connectivity index (χ1v) is 9.17. The second kappa shape index (κ2) is 7.83. The molecule has 0 spiro atoms. The number of hydrogen-bond acceptors (Lipinski definition) is 3. The molecule has 0 bridgehead atoms. The summed E-state index contributed by atoms with van der Waals surface area (Å²) in [5.41, 5.74) is 3.16. The average Bonchev–Trinajstić information content (AvgIpc) is 3.30. The number of nitrogens with one attached hydrogen (secondary N) is 1. The van der Waals surface area contributed by atoms with E-state index in [-0.39, 0.29) is 11.9 Å². The van der Waals surface area contributed by atoms with E-state index in [1.165, 1.54) is 11.1 Å². The maximum Gasteiger partial charge on any atom is 0.253 e. The Labute approximate surface area is 150 Å². The second-order valence-electron chi connectivity index (χ2n) is 7.10. The van der Waals surface area contributed by atoms with E-state index in [1.807, 2.05) is 40.0 Å². The van der Waals surface area contributed by atoms with Crippen molar-refractivity contribution >= 4 is 5.91 Å². The van der Waals surface area contributed by atoms with Crippen molar-refractivity contribution in [3.05, 3.63) is 53.3 Å². The highest BCUT2D eigenvalue weighted by molar-refractivity contribution is 5.94. The van der Waals surface area contributed by atoms with Crippen LogP contribution in [0.25, 0.3) is 0 Å². The number of carbonyl (C=O) groups excluding carboxylic acids is 1. The number of hydrogen-bond donors (Lipinski definition) is 1. The smallest absolute Gasteiger partial charge is 0.253 e. The third-order valence-electron chi connectivity index (χ3n) is 5.09. The molecule has 1 aromatic carbocycles. The highest BCUT2D eigenvalue weighted by atomic mass is 16.2. The summed E-state index contributed by atoms with van der Waals surface area (Å²) in [7, 11) is 0. The van der Waals surface area contributed by atoms with Crippen LogP contribution >= 0.6 is 0 Å². The van der Waals surface area contributed by atoms with Crippen molar-refractivity contribution in [1.29, 1.82) is 0 Å². The molecule has 1 aliphatic heterocycles. The van der Waals surface area contributed by atoms with Crippen LogP contribution in [0.15, 0.2) is 36.7 Å². The van der Waals surface area contributed by atoms with Gasteiger partial charge in [-0.05, 0) is 56.9 Å². The first kappa shape index (κ1) is 17.7. The van der Waals surface area contributed by atoms with E-state index in [4.69, 9.17) is 0 Å². The van der Waals surface area contributed by atoms with Gasteiger partial charge in [-0.2, -0.15) is 5.10 Å².